The number of ether oxygens (including phenoxy) is 1. The number of pyridine rings is 1. The molecule has 1 unspecified atom stereocenters. The lowest BCUT2D eigenvalue weighted by molar-refractivity contribution is 0.115. The summed E-state index contributed by atoms with van der Waals surface area (Å²) in [6, 6.07) is 4.36. The molecule has 2 rings (SSSR count). The molecule has 1 aliphatic rings. The minimum absolute atomic E-state index is 0.574. The lowest BCUT2D eigenvalue weighted by Gasteiger charge is -2.34. The third-order valence-corrected chi connectivity index (χ3v) is 4.35. The third kappa shape index (κ3) is 4.02. The molecule has 0 saturated carbocycles. The first-order chi connectivity index (χ1) is 9.20. The van der Waals surface area contributed by atoms with Crippen molar-refractivity contribution in [1.29, 1.82) is 0 Å². The lowest BCUT2D eigenvalue weighted by atomic mass is 9.83. The van der Waals surface area contributed by atoms with Gasteiger partial charge in [0, 0.05) is 31.5 Å². The van der Waals surface area contributed by atoms with Crippen LogP contribution in [0.4, 0.5) is 0 Å². The van der Waals surface area contributed by atoms with E-state index < -0.39 is 0 Å². The second-order valence-corrected chi connectivity index (χ2v) is 5.72. The van der Waals surface area contributed by atoms with Gasteiger partial charge in [-0.25, -0.2) is 0 Å². The van der Waals surface area contributed by atoms with Gasteiger partial charge in [-0.05, 0) is 50.4 Å². The molecule has 2 heterocycles. The number of piperidine rings is 1. The van der Waals surface area contributed by atoms with Crippen molar-refractivity contribution >= 4 is 0 Å². The summed E-state index contributed by atoms with van der Waals surface area (Å²) >= 11 is 0. The SMILES string of the molecule is COCCN1CCC(C(C)c2ccc(C)cn2)CC1. The van der Waals surface area contributed by atoms with E-state index in [1.54, 1.807) is 7.11 Å². The van der Waals surface area contributed by atoms with Crippen molar-refractivity contribution in [2.45, 2.75) is 32.6 Å². The average molecular weight is 262 g/mol. The number of hydrogen-bond acceptors (Lipinski definition) is 3. The number of aromatic nitrogens is 1. The highest BCUT2D eigenvalue weighted by molar-refractivity contribution is 5.15. The zero-order valence-corrected chi connectivity index (χ0v) is 12.4. The summed E-state index contributed by atoms with van der Waals surface area (Å²) in [5.74, 6) is 1.35. The Bertz CT molecular complexity index is 369. The standard InChI is InChI=1S/C16H26N2O/c1-13-4-5-16(17-12-13)14(2)15-6-8-18(9-7-15)10-11-19-3/h4-5,12,14-15H,6-11H2,1-3H3. The van der Waals surface area contributed by atoms with E-state index in [1.165, 1.54) is 37.2 Å². The predicted molar refractivity (Wildman–Crippen MR) is 78.4 cm³/mol. The highest BCUT2D eigenvalue weighted by Gasteiger charge is 2.25. The Morgan fingerprint density at radius 2 is 2.11 bits per heavy atom. The van der Waals surface area contributed by atoms with Crippen LogP contribution in [0.1, 0.15) is 36.9 Å². The first-order valence-corrected chi connectivity index (χ1v) is 7.34. The first-order valence-electron chi connectivity index (χ1n) is 7.34. The van der Waals surface area contributed by atoms with E-state index in [0.717, 1.165) is 19.1 Å². The maximum atomic E-state index is 5.15. The fourth-order valence-corrected chi connectivity index (χ4v) is 2.89. The van der Waals surface area contributed by atoms with Crippen LogP contribution >= 0.6 is 0 Å². The monoisotopic (exact) mass is 262 g/mol. The molecule has 0 aromatic carbocycles. The lowest BCUT2D eigenvalue weighted by Crippen LogP contribution is -2.37. The van der Waals surface area contributed by atoms with Crippen molar-refractivity contribution in [2.24, 2.45) is 5.92 Å². The summed E-state index contributed by atoms with van der Waals surface area (Å²) in [5, 5.41) is 0. The Hall–Kier alpha value is -0.930. The van der Waals surface area contributed by atoms with Crippen molar-refractivity contribution in [3.63, 3.8) is 0 Å². The van der Waals surface area contributed by atoms with Crippen LogP contribution in [0.3, 0.4) is 0 Å². The summed E-state index contributed by atoms with van der Waals surface area (Å²) in [4.78, 5) is 7.10. The minimum Gasteiger partial charge on any atom is -0.383 e. The molecule has 0 amide bonds. The quantitative estimate of drug-likeness (QED) is 0.816. The number of rotatable bonds is 5. The van der Waals surface area contributed by atoms with Gasteiger partial charge in [0.05, 0.1) is 6.61 Å². The van der Waals surface area contributed by atoms with E-state index in [-0.39, 0.29) is 0 Å². The van der Waals surface area contributed by atoms with Crippen LogP contribution in [0.25, 0.3) is 0 Å². The molecule has 0 radical (unpaired) electrons. The maximum Gasteiger partial charge on any atom is 0.0589 e. The summed E-state index contributed by atoms with van der Waals surface area (Å²) in [7, 11) is 1.78. The highest BCUT2D eigenvalue weighted by Crippen LogP contribution is 2.31. The number of hydrogen-bond donors (Lipinski definition) is 0. The molecule has 1 aromatic rings. The van der Waals surface area contributed by atoms with Crippen LogP contribution in [0.5, 0.6) is 0 Å². The molecule has 1 aliphatic heterocycles. The predicted octanol–water partition coefficient (Wildman–Crippen LogP) is 2.85. The van der Waals surface area contributed by atoms with E-state index in [0.29, 0.717) is 5.92 Å². The molecule has 19 heavy (non-hydrogen) atoms. The van der Waals surface area contributed by atoms with Gasteiger partial charge in [0.25, 0.3) is 0 Å². The van der Waals surface area contributed by atoms with Crippen molar-refractivity contribution in [3.05, 3.63) is 29.6 Å². The molecular formula is C16H26N2O. The van der Waals surface area contributed by atoms with Crippen LogP contribution < -0.4 is 0 Å². The molecule has 1 fully saturated rings. The zero-order chi connectivity index (χ0) is 13.7. The van der Waals surface area contributed by atoms with E-state index in [1.807, 2.05) is 6.20 Å². The minimum atomic E-state index is 0.574. The Morgan fingerprint density at radius 1 is 1.37 bits per heavy atom. The number of aryl methyl sites for hydroxylation is 1. The first kappa shape index (κ1) is 14.5. The van der Waals surface area contributed by atoms with Gasteiger partial charge in [0.15, 0.2) is 0 Å². The highest BCUT2D eigenvalue weighted by atomic mass is 16.5. The van der Waals surface area contributed by atoms with Crippen molar-refractivity contribution < 1.29 is 4.74 Å². The molecule has 0 bridgehead atoms. The second kappa shape index (κ2) is 7.01. The summed E-state index contributed by atoms with van der Waals surface area (Å²) in [6.45, 7) is 8.73. The van der Waals surface area contributed by atoms with Crippen LogP contribution in [-0.2, 0) is 4.74 Å². The van der Waals surface area contributed by atoms with Crippen LogP contribution in [0.15, 0.2) is 18.3 Å². The van der Waals surface area contributed by atoms with Crippen LogP contribution in [-0.4, -0.2) is 43.2 Å². The Kier molecular flexibility index (Phi) is 5.34. The molecule has 0 N–H and O–H groups in total. The van der Waals surface area contributed by atoms with Gasteiger partial charge >= 0.3 is 0 Å². The van der Waals surface area contributed by atoms with Crippen molar-refractivity contribution in [3.8, 4) is 0 Å². The number of methoxy groups -OCH3 is 1. The summed E-state index contributed by atoms with van der Waals surface area (Å²) < 4.78 is 5.15. The van der Waals surface area contributed by atoms with E-state index in [4.69, 9.17) is 4.74 Å². The summed E-state index contributed by atoms with van der Waals surface area (Å²) in [6.07, 6.45) is 4.54. The molecule has 3 nitrogen and oxygen atoms in total. The van der Waals surface area contributed by atoms with Crippen LogP contribution in [0.2, 0.25) is 0 Å². The number of nitrogens with zero attached hydrogens (tertiary/aromatic N) is 2. The fraction of sp³-hybridized carbons (Fsp3) is 0.688. The van der Waals surface area contributed by atoms with Gasteiger partial charge in [-0.3, -0.25) is 4.98 Å². The van der Waals surface area contributed by atoms with Crippen molar-refractivity contribution in [2.75, 3.05) is 33.4 Å². The van der Waals surface area contributed by atoms with E-state index in [9.17, 15) is 0 Å². The average Bonchev–Trinajstić information content (AvgIpc) is 2.46. The molecule has 0 spiro atoms. The van der Waals surface area contributed by atoms with Gasteiger partial charge in [0.2, 0.25) is 0 Å². The van der Waals surface area contributed by atoms with Crippen molar-refractivity contribution in [1.82, 2.24) is 9.88 Å². The summed E-state index contributed by atoms with van der Waals surface area (Å²) in [5.41, 5.74) is 2.49. The number of likely N-dealkylation sites (tertiary alicyclic amines) is 1. The molecule has 1 saturated heterocycles. The second-order valence-electron chi connectivity index (χ2n) is 5.72. The normalized spacial score (nSPS) is 19.5. The van der Waals surface area contributed by atoms with Gasteiger partial charge in [-0.2, -0.15) is 0 Å². The fourth-order valence-electron chi connectivity index (χ4n) is 2.89. The smallest absolute Gasteiger partial charge is 0.0589 e. The van der Waals surface area contributed by atoms with Gasteiger partial charge in [-0.15, -0.1) is 0 Å². The molecule has 1 aromatic heterocycles. The Labute approximate surface area is 117 Å². The Balaban J connectivity index is 1.85. The van der Waals surface area contributed by atoms with Crippen LogP contribution in [0, 0.1) is 12.8 Å². The molecule has 3 heteroatoms. The molecular weight excluding hydrogens is 236 g/mol. The van der Waals surface area contributed by atoms with E-state index >= 15 is 0 Å². The van der Waals surface area contributed by atoms with Gasteiger partial charge < -0.3 is 9.64 Å². The third-order valence-electron chi connectivity index (χ3n) is 4.35. The Morgan fingerprint density at radius 3 is 2.68 bits per heavy atom. The molecule has 106 valence electrons. The van der Waals surface area contributed by atoms with Gasteiger partial charge in [-0.1, -0.05) is 13.0 Å². The molecule has 0 aliphatic carbocycles. The van der Waals surface area contributed by atoms with Gasteiger partial charge in [0.1, 0.15) is 0 Å². The van der Waals surface area contributed by atoms with E-state index in [2.05, 4.69) is 35.9 Å². The largest absolute Gasteiger partial charge is 0.383 e. The maximum absolute atomic E-state index is 5.15. The topological polar surface area (TPSA) is 25.4 Å². The molecule has 1 atom stereocenters. The zero-order valence-electron chi connectivity index (χ0n) is 12.4.